The van der Waals surface area contributed by atoms with Gasteiger partial charge in [-0.3, -0.25) is 0 Å². The molecule has 0 fully saturated rings. The Morgan fingerprint density at radius 2 is 0.980 bits per heavy atom. The van der Waals surface area contributed by atoms with Gasteiger partial charge < -0.3 is 9.47 Å². The first-order valence-corrected chi connectivity index (χ1v) is 17.4. The molecule has 0 saturated carbocycles. The van der Waals surface area contributed by atoms with Gasteiger partial charge in [-0.15, -0.1) is 0 Å². The standard InChI is InChI=1S/C47H44N2/c1-46(2,3)36-18-23-38(24-19-36)49(39-25-20-37(21-26-39)47(4,5)6)40-22-17-33-27-35(16-15-34(33)28-40)41-13-10-14-42-43-29-31-11-8-9-12-32(31)30-44(43)48(7)45(41)42/h8-30H,1-7H3. The molecule has 0 radical (unpaired) electrons. The number of hydrogen-bond acceptors (Lipinski definition) is 1. The molecule has 49 heavy (non-hydrogen) atoms. The number of para-hydroxylation sites is 1. The average Bonchev–Trinajstić information content (AvgIpc) is 3.37. The van der Waals surface area contributed by atoms with Gasteiger partial charge in [-0.25, -0.2) is 0 Å². The fourth-order valence-corrected chi connectivity index (χ4v) is 7.41. The Morgan fingerprint density at radius 1 is 0.449 bits per heavy atom. The Labute approximate surface area is 290 Å². The molecule has 0 amide bonds. The van der Waals surface area contributed by atoms with E-state index in [0.717, 1.165) is 17.1 Å². The summed E-state index contributed by atoms with van der Waals surface area (Å²) in [5.41, 5.74) is 11.3. The van der Waals surface area contributed by atoms with Crippen molar-refractivity contribution >= 4 is 60.4 Å². The van der Waals surface area contributed by atoms with E-state index in [0.29, 0.717) is 0 Å². The maximum absolute atomic E-state index is 2.38. The SMILES string of the molecule is Cn1c2cc3ccccc3cc2c2cccc(-c3ccc4cc(N(c5ccc(C(C)(C)C)cc5)c5ccc(C(C)(C)C)cc5)ccc4c3)c21. The van der Waals surface area contributed by atoms with Gasteiger partial charge in [0.05, 0.1) is 5.52 Å². The predicted molar refractivity (Wildman–Crippen MR) is 213 cm³/mol. The zero-order valence-corrected chi connectivity index (χ0v) is 29.7. The lowest BCUT2D eigenvalue weighted by Gasteiger charge is -2.28. The molecule has 0 aliphatic heterocycles. The average molecular weight is 637 g/mol. The van der Waals surface area contributed by atoms with Crippen LogP contribution in [-0.4, -0.2) is 4.57 Å². The largest absolute Gasteiger partial charge is 0.343 e. The van der Waals surface area contributed by atoms with Gasteiger partial charge in [0.25, 0.3) is 0 Å². The van der Waals surface area contributed by atoms with E-state index in [1.165, 1.54) is 65.6 Å². The Kier molecular flexibility index (Phi) is 7.19. The molecule has 0 aliphatic carbocycles. The van der Waals surface area contributed by atoms with Crippen molar-refractivity contribution in [3.8, 4) is 11.1 Å². The first-order chi connectivity index (χ1) is 23.5. The van der Waals surface area contributed by atoms with Crippen LogP contribution in [0.3, 0.4) is 0 Å². The second-order valence-corrected chi connectivity index (χ2v) is 15.7. The summed E-state index contributed by atoms with van der Waals surface area (Å²) in [7, 11) is 2.20. The summed E-state index contributed by atoms with van der Waals surface area (Å²) in [6.45, 7) is 13.6. The summed E-state index contributed by atoms with van der Waals surface area (Å²) >= 11 is 0. The van der Waals surface area contributed by atoms with Gasteiger partial charge in [-0.1, -0.05) is 126 Å². The highest BCUT2D eigenvalue weighted by Gasteiger charge is 2.19. The van der Waals surface area contributed by atoms with Gasteiger partial charge in [0.2, 0.25) is 0 Å². The van der Waals surface area contributed by atoms with Crippen LogP contribution in [0.2, 0.25) is 0 Å². The Morgan fingerprint density at radius 3 is 1.59 bits per heavy atom. The van der Waals surface area contributed by atoms with Gasteiger partial charge >= 0.3 is 0 Å². The lowest BCUT2D eigenvalue weighted by molar-refractivity contribution is 0.590. The molecule has 1 aromatic heterocycles. The molecular weight excluding hydrogens is 593 g/mol. The molecular formula is C47H44N2. The van der Waals surface area contributed by atoms with Crippen molar-refractivity contribution in [1.29, 1.82) is 0 Å². The highest BCUT2D eigenvalue weighted by Crippen LogP contribution is 2.41. The van der Waals surface area contributed by atoms with E-state index >= 15 is 0 Å². The molecule has 0 bridgehead atoms. The second-order valence-electron chi connectivity index (χ2n) is 15.7. The lowest BCUT2D eigenvalue weighted by atomic mass is 9.86. The number of fused-ring (bicyclic) bond motifs is 5. The molecule has 242 valence electrons. The molecule has 0 spiro atoms. The van der Waals surface area contributed by atoms with Gasteiger partial charge in [0, 0.05) is 46.0 Å². The number of benzene rings is 7. The van der Waals surface area contributed by atoms with E-state index < -0.39 is 0 Å². The first kappa shape index (κ1) is 31.0. The molecule has 0 N–H and O–H groups in total. The van der Waals surface area contributed by atoms with Gasteiger partial charge in [-0.2, -0.15) is 0 Å². The minimum Gasteiger partial charge on any atom is -0.343 e. The smallest absolute Gasteiger partial charge is 0.0568 e. The molecule has 2 heteroatoms. The van der Waals surface area contributed by atoms with Gasteiger partial charge in [0.15, 0.2) is 0 Å². The maximum atomic E-state index is 2.38. The topological polar surface area (TPSA) is 8.17 Å². The fourth-order valence-electron chi connectivity index (χ4n) is 7.41. The zero-order valence-electron chi connectivity index (χ0n) is 29.7. The first-order valence-electron chi connectivity index (χ1n) is 17.4. The quantitative estimate of drug-likeness (QED) is 0.187. The number of anilines is 3. The normalized spacial score (nSPS) is 12.4. The number of rotatable bonds is 4. The van der Waals surface area contributed by atoms with E-state index in [9.17, 15) is 0 Å². The van der Waals surface area contributed by atoms with Crippen molar-refractivity contribution < 1.29 is 0 Å². The molecule has 0 saturated heterocycles. The summed E-state index contributed by atoms with van der Waals surface area (Å²) in [5.74, 6) is 0. The van der Waals surface area contributed by atoms with E-state index in [2.05, 4.69) is 198 Å². The maximum Gasteiger partial charge on any atom is 0.0568 e. The Bertz CT molecular complexity index is 2440. The number of hydrogen-bond donors (Lipinski definition) is 0. The Balaban J connectivity index is 1.23. The molecule has 8 rings (SSSR count). The monoisotopic (exact) mass is 636 g/mol. The van der Waals surface area contributed by atoms with Crippen LogP contribution in [0.25, 0.3) is 54.5 Å². The predicted octanol–water partition coefficient (Wildman–Crippen LogP) is 13.4. The van der Waals surface area contributed by atoms with E-state index in [4.69, 9.17) is 0 Å². The molecule has 1 heterocycles. The van der Waals surface area contributed by atoms with Crippen LogP contribution in [0.5, 0.6) is 0 Å². The summed E-state index contributed by atoms with van der Waals surface area (Å²) in [6.07, 6.45) is 0. The third-order valence-electron chi connectivity index (χ3n) is 10.3. The van der Waals surface area contributed by atoms with E-state index in [1.54, 1.807) is 0 Å². The van der Waals surface area contributed by atoms with Crippen LogP contribution in [0.15, 0.2) is 140 Å². The van der Waals surface area contributed by atoms with E-state index in [1.807, 2.05) is 0 Å². The number of aromatic nitrogens is 1. The van der Waals surface area contributed by atoms with Crippen molar-refractivity contribution in [3.05, 3.63) is 151 Å². The summed E-state index contributed by atoms with van der Waals surface area (Å²) in [5, 5.41) is 7.59. The fraction of sp³-hybridized carbons (Fsp3) is 0.191. The molecule has 0 atom stereocenters. The van der Waals surface area contributed by atoms with E-state index in [-0.39, 0.29) is 10.8 Å². The van der Waals surface area contributed by atoms with Crippen LogP contribution < -0.4 is 4.90 Å². The Hall–Kier alpha value is -5.34. The third kappa shape index (κ3) is 5.46. The molecule has 7 aromatic carbocycles. The van der Waals surface area contributed by atoms with Crippen LogP contribution in [0.1, 0.15) is 52.7 Å². The molecule has 8 aromatic rings. The minimum atomic E-state index is 0.100. The summed E-state index contributed by atoms with van der Waals surface area (Å²) in [4.78, 5) is 2.38. The van der Waals surface area contributed by atoms with Gasteiger partial charge in [0.1, 0.15) is 0 Å². The zero-order chi connectivity index (χ0) is 34.1. The molecule has 0 unspecified atom stereocenters. The summed E-state index contributed by atoms with van der Waals surface area (Å²) < 4.78 is 2.37. The van der Waals surface area contributed by atoms with Crippen LogP contribution in [-0.2, 0) is 17.9 Å². The van der Waals surface area contributed by atoms with Gasteiger partial charge in [-0.05, 0) is 104 Å². The second kappa shape index (κ2) is 11.4. The van der Waals surface area contributed by atoms with Crippen molar-refractivity contribution in [2.75, 3.05) is 4.90 Å². The van der Waals surface area contributed by atoms with Crippen molar-refractivity contribution in [3.63, 3.8) is 0 Å². The minimum absolute atomic E-state index is 0.100. The number of aryl methyl sites for hydroxylation is 1. The van der Waals surface area contributed by atoms with Crippen molar-refractivity contribution in [2.45, 2.75) is 52.4 Å². The third-order valence-corrected chi connectivity index (χ3v) is 10.3. The van der Waals surface area contributed by atoms with Crippen LogP contribution in [0, 0.1) is 0 Å². The molecule has 2 nitrogen and oxygen atoms in total. The van der Waals surface area contributed by atoms with Crippen molar-refractivity contribution in [2.24, 2.45) is 7.05 Å². The number of nitrogens with zero attached hydrogens (tertiary/aromatic N) is 2. The van der Waals surface area contributed by atoms with Crippen LogP contribution >= 0.6 is 0 Å². The summed E-state index contributed by atoms with van der Waals surface area (Å²) in [6, 6.07) is 52.0. The highest BCUT2D eigenvalue weighted by molar-refractivity contribution is 6.16. The molecule has 0 aliphatic rings. The lowest BCUT2D eigenvalue weighted by Crippen LogP contribution is -2.14. The van der Waals surface area contributed by atoms with Crippen molar-refractivity contribution in [1.82, 2.24) is 4.57 Å². The highest BCUT2D eigenvalue weighted by atomic mass is 15.1. The van der Waals surface area contributed by atoms with Crippen LogP contribution in [0.4, 0.5) is 17.1 Å².